The van der Waals surface area contributed by atoms with Crippen molar-refractivity contribution >= 4 is 35.3 Å². The average Bonchev–Trinajstić information content (AvgIpc) is 3.25. The van der Waals surface area contributed by atoms with Crippen LogP contribution in [0.5, 0.6) is 0 Å². The Balaban J connectivity index is 1.57. The smallest absolute Gasteiger partial charge is 0.264 e. The molecule has 146 valence electrons. The number of fused-ring (bicyclic) bond motifs is 1. The molecule has 0 saturated heterocycles. The summed E-state index contributed by atoms with van der Waals surface area (Å²) >= 11 is 1.43. The second kappa shape index (κ2) is 8.01. The molecule has 0 atom stereocenters. The van der Waals surface area contributed by atoms with Gasteiger partial charge >= 0.3 is 0 Å². The van der Waals surface area contributed by atoms with Gasteiger partial charge in [-0.15, -0.1) is 0 Å². The zero-order valence-corrected chi connectivity index (χ0v) is 17.0. The first-order valence-electron chi connectivity index (χ1n) is 9.21. The van der Waals surface area contributed by atoms with E-state index < -0.39 is 0 Å². The molecule has 0 spiro atoms. The minimum atomic E-state index is -0.212. The quantitative estimate of drug-likeness (QED) is 0.644. The van der Waals surface area contributed by atoms with Crippen molar-refractivity contribution in [1.82, 2.24) is 5.32 Å². The number of hydrogen-bond acceptors (Lipinski definition) is 4. The van der Waals surface area contributed by atoms with Gasteiger partial charge in [0.15, 0.2) is 0 Å². The van der Waals surface area contributed by atoms with Gasteiger partial charge in [0.2, 0.25) is 0 Å². The number of anilines is 1. The van der Waals surface area contributed by atoms with Crippen molar-refractivity contribution in [3.63, 3.8) is 0 Å². The number of thioether (sulfide) groups is 1. The highest BCUT2D eigenvalue weighted by atomic mass is 32.2. The fourth-order valence-electron chi connectivity index (χ4n) is 3.11. The molecule has 1 aliphatic heterocycles. The van der Waals surface area contributed by atoms with Gasteiger partial charge in [0.05, 0.1) is 23.4 Å². The van der Waals surface area contributed by atoms with E-state index in [2.05, 4.69) is 5.32 Å². The fourth-order valence-corrected chi connectivity index (χ4v) is 4.19. The van der Waals surface area contributed by atoms with Crippen LogP contribution in [-0.2, 0) is 11.3 Å². The summed E-state index contributed by atoms with van der Waals surface area (Å²) in [6, 6.07) is 17.0. The Hall–Kier alpha value is -3.25. The van der Waals surface area contributed by atoms with Gasteiger partial charge in [-0.1, -0.05) is 36.0 Å². The molecule has 0 saturated carbocycles. The molecule has 2 amide bonds. The predicted octanol–water partition coefficient (Wildman–Crippen LogP) is 4.63. The summed E-state index contributed by atoms with van der Waals surface area (Å²) in [6.45, 7) is 2.34. The molecule has 1 aromatic heterocycles. The number of benzene rings is 2. The molecular weight excluding hydrogens is 384 g/mol. The van der Waals surface area contributed by atoms with Crippen LogP contribution >= 0.6 is 11.8 Å². The molecule has 29 heavy (non-hydrogen) atoms. The van der Waals surface area contributed by atoms with Gasteiger partial charge in [-0.25, -0.2) is 0 Å². The van der Waals surface area contributed by atoms with Crippen molar-refractivity contribution in [2.45, 2.75) is 18.4 Å². The van der Waals surface area contributed by atoms with E-state index >= 15 is 0 Å². The Morgan fingerprint density at radius 1 is 1.17 bits per heavy atom. The summed E-state index contributed by atoms with van der Waals surface area (Å²) in [6.07, 6.45) is 3.49. The van der Waals surface area contributed by atoms with Crippen LogP contribution in [0, 0.1) is 6.92 Å². The number of nitrogens with one attached hydrogen (secondary N) is 1. The lowest BCUT2D eigenvalue weighted by molar-refractivity contribution is -0.114. The third kappa shape index (κ3) is 3.98. The van der Waals surface area contributed by atoms with Crippen molar-refractivity contribution in [2.24, 2.45) is 0 Å². The van der Waals surface area contributed by atoms with Crippen LogP contribution in [0.2, 0.25) is 0 Å². The zero-order chi connectivity index (χ0) is 20.4. The Morgan fingerprint density at radius 3 is 2.76 bits per heavy atom. The lowest BCUT2D eigenvalue weighted by atomic mass is 10.1. The molecule has 0 radical (unpaired) electrons. The maximum atomic E-state index is 12.9. The van der Waals surface area contributed by atoms with Crippen LogP contribution in [0.4, 0.5) is 5.69 Å². The minimum absolute atomic E-state index is 0.0844. The van der Waals surface area contributed by atoms with Gasteiger partial charge in [-0.2, -0.15) is 0 Å². The zero-order valence-electron chi connectivity index (χ0n) is 16.1. The fraction of sp³-hybridized carbons (Fsp3) is 0.130. The van der Waals surface area contributed by atoms with Gasteiger partial charge in [-0.3, -0.25) is 9.59 Å². The third-order valence-electron chi connectivity index (χ3n) is 4.80. The monoisotopic (exact) mass is 404 g/mol. The van der Waals surface area contributed by atoms with Crippen molar-refractivity contribution < 1.29 is 14.0 Å². The van der Waals surface area contributed by atoms with Crippen molar-refractivity contribution in [3.8, 4) is 0 Å². The molecular formula is C23H20N2O3S. The van der Waals surface area contributed by atoms with E-state index in [0.717, 1.165) is 21.7 Å². The molecule has 1 N–H and O–H groups in total. The van der Waals surface area contributed by atoms with E-state index in [1.165, 1.54) is 11.8 Å². The largest absolute Gasteiger partial charge is 0.467 e. The first-order chi connectivity index (χ1) is 14.0. The first-order valence-corrected chi connectivity index (χ1v) is 10.0. The van der Waals surface area contributed by atoms with Crippen LogP contribution in [0.15, 0.2) is 75.1 Å². The van der Waals surface area contributed by atoms with E-state index in [1.807, 2.05) is 43.3 Å². The standard InChI is InChI=1S/C23H20N2O3S/c1-15-6-3-4-7-16(15)13-21-23(27)25(2)19-12-17(9-10-20(19)29-21)22(26)24-14-18-8-5-11-28-18/h3-13H,14H2,1-2H3,(H,24,26)/b21-13-. The number of hydrogen-bond donors (Lipinski definition) is 1. The summed E-state index contributed by atoms with van der Waals surface area (Å²) in [5, 5.41) is 2.83. The lowest BCUT2D eigenvalue weighted by Gasteiger charge is -2.27. The maximum Gasteiger partial charge on any atom is 0.264 e. The molecule has 6 heteroatoms. The number of likely N-dealkylation sites (N-methyl/N-ethyl adjacent to an activating group) is 1. The van der Waals surface area contributed by atoms with E-state index in [9.17, 15) is 9.59 Å². The molecule has 1 aliphatic rings. The predicted molar refractivity (Wildman–Crippen MR) is 115 cm³/mol. The van der Waals surface area contributed by atoms with Gasteiger partial charge in [0.25, 0.3) is 11.8 Å². The Kier molecular flexibility index (Phi) is 5.27. The third-order valence-corrected chi connectivity index (χ3v) is 5.87. The maximum absolute atomic E-state index is 12.9. The van der Waals surface area contributed by atoms with E-state index in [0.29, 0.717) is 22.8 Å². The van der Waals surface area contributed by atoms with Gasteiger partial charge in [-0.05, 0) is 54.5 Å². The van der Waals surface area contributed by atoms with Crippen molar-refractivity contribution in [3.05, 3.63) is 88.2 Å². The van der Waals surface area contributed by atoms with Crippen LogP contribution in [0.3, 0.4) is 0 Å². The Morgan fingerprint density at radius 2 is 2.00 bits per heavy atom. The molecule has 5 nitrogen and oxygen atoms in total. The molecule has 0 aliphatic carbocycles. The van der Waals surface area contributed by atoms with Crippen LogP contribution in [0.25, 0.3) is 6.08 Å². The highest BCUT2D eigenvalue weighted by molar-refractivity contribution is 8.04. The lowest BCUT2D eigenvalue weighted by Crippen LogP contribution is -2.31. The minimum Gasteiger partial charge on any atom is -0.467 e. The Labute approximate surface area is 173 Å². The summed E-state index contributed by atoms with van der Waals surface area (Å²) in [4.78, 5) is 28.6. The molecule has 0 bridgehead atoms. The number of amides is 2. The second-order valence-corrected chi connectivity index (χ2v) is 7.86. The molecule has 3 aromatic rings. The van der Waals surface area contributed by atoms with Crippen molar-refractivity contribution in [2.75, 3.05) is 11.9 Å². The first kappa shape index (κ1) is 19.1. The highest BCUT2D eigenvalue weighted by Crippen LogP contribution is 2.42. The van der Waals surface area contributed by atoms with Crippen LogP contribution in [0.1, 0.15) is 27.2 Å². The van der Waals surface area contributed by atoms with Crippen LogP contribution in [-0.4, -0.2) is 18.9 Å². The SMILES string of the molecule is Cc1ccccc1/C=C1\Sc2ccc(C(=O)NCc3ccco3)cc2N(C)C1=O. The van der Waals surface area contributed by atoms with Crippen LogP contribution < -0.4 is 10.2 Å². The average molecular weight is 404 g/mol. The molecule has 4 rings (SSSR count). The summed E-state index contributed by atoms with van der Waals surface area (Å²) in [5.74, 6) is 0.389. The van der Waals surface area contributed by atoms with E-state index in [4.69, 9.17) is 4.42 Å². The number of carbonyl (C=O) groups is 2. The number of furan rings is 1. The number of carbonyl (C=O) groups excluding carboxylic acids is 2. The second-order valence-electron chi connectivity index (χ2n) is 6.78. The summed E-state index contributed by atoms with van der Waals surface area (Å²) in [7, 11) is 1.73. The van der Waals surface area contributed by atoms with Gasteiger partial charge in [0, 0.05) is 17.5 Å². The summed E-state index contributed by atoms with van der Waals surface area (Å²) in [5.41, 5.74) is 3.37. The topological polar surface area (TPSA) is 62.6 Å². The number of nitrogens with zero attached hydrogens (tertiary/aromatic N) is 1. The highest BCUT2D eigenvalue weighted by Gasteiger charge is 2.27. The number of aryl methyl sites for hydroxylation is 1. The molecule has 0 unspecified atom stereocenters. The van der Waals surface area contributed by atoms with E-state index in [-0.39, 0.29) is 11.8 Å². The van der Waals surface area contributed by atoms with Crippen molar-refractivity contribution in [1.29, 1.82) is 0 Å². The van der Waals surface area contributed by atoms with Gasteiger partial charge in [0.1, 0.15) is 5.76 Å². The van der Waals surface area contributed by atoms with Gasteiger partial charge < -0.3 is 14.6 Å². The summed E-state index contributed by atoms with van der Waals surface area (Å²) < 4.78 is 5.23. The molecule has 2 heterocycles. The number of rotatable bonds is 4. The Bertz CT molecular complexity index is 1100. The normalized spacial score (nSPS) is 14.8. The molecule has 2 aromatic carbocycles. The van der Waals surface area contributed by atoms with E-state index in [1.54, 1.807) is 42.5 Å². The molecule has 0 fully saturated rings.